The smallest absolute Gasteiger partial charge is 0.338 e. The van der Waals surface area contributed by atoms with E-state index in [1.165, 1.54) is 16.7 Å². The van der Waals surface area contributed by atoms with Crippen LogP contribution in [0.5, 0.6) is 5.75 Å². The molecule has 0 aliphatic heterocycles. The maximum Gasteiger partial charge on any atom is 0.338 e. The summed E-state index contributed by atoms with van der Waals surface area (Å²) in [6.45, 7) is 12.3. The summed E-state index contributed by atoms with van der Waals surface area (Å²) in [5.74, 6) is 0.567. The number of anilines is 2. The molecule has 4 rings (SSSR count). The third-order valence-corrected chi connectivity index (χ3v) is 6.71. The fourth-order valence-corrected chi connectivity index (χ4v) is 4.63. The molecule has 3 aromatic carbocycles. The highest BCUT2D eigenvalue weighted by Gasteiger charge is 2.29. The van der Waals surface area contributed by atoms with Gasteiger partial charge in [0.2, 0.25) is 0 Å². The zero-order valence-electron chi connectivity index (χ0n) is 21.4. The number of carbonyl (C=O) groups excluding carboxylic acids is 1. The van der Waals surface area contributed by atoms with E-state index in [0.717, 1.165) is 35.7 Å². The van der Waals surface area contributed by atoms with Gasteiger partial charge in [-0.1, -0.05) is 50.3 Å². The van der Waals surface area contributed by atoms with E-state index >= 15 is 0 Å². The van der Waals surface area contributed by atoms with Crippen molar-refractivity contribution < 1.29 is 14.3 Å². The molecule has 0 unspecified atom stereocenters. The number of hydrogen-bond acceptors (Lipinski definition) is 4. The van der Waals surface area contributed by atoms with Crippen LogP contribution in [0.4, 0.5) is 11.4 Å². The van der Waals surface area contributed by atoms with Crippen LogP contribution in [0.3, 0.4) is 0 Å². The van der Waals surface area contributed by atoms with E-state index in [2.05, 4.69) is 62.9 Å². The molecule has 0 spiro atoms. The maximum atomic E-state index is 12.1. The van der Waals surface area contributed by atoms with E-state index < -0.39 is 0 Å². The fraction of sp³-hybridized carbons (Fsp3) is 0.323. The van der Waals surface area contributed by atoms with Gasteiger partial charge in [-0.2, -0.15) is 0 Å². The van der Waals surface area contributed by atoms with Crippen molar-refractivity contribution in [2.24, 2.45) is 0 Å². The average Bonchev–Trinajstić information content (AvgIpc) is 2.87. The largest absolute Gasteiger partial charge is 0.487 e. The van der Waals surface area contributed by atoms with Gasteiger partial charge in [0.25, 0.3) is 0 Å². The molecule has 182 valence electrons. The molecule has 0 bridgehead atoms. The normalized spacial score (nSPS) is 14.0. The van der Waals surface area contributed by atoms with E-state index in [0.29, 0.717) is 18.8 Å². The predicted octanol–water partition coefficient (Wildman–Crippen LogP) is 7.68. The molecule has 0 amide bonds. The highest BCUT2D eigenvalue weighted by atomic mass is 16.5. The minimum absolute atomic E-state index is 0.0383. The summed E-state index contributed by atoms with van der Waals surface area (Å²) in [5.41, 5.74) is 7.63. The second kappa shape index (κ2) is 10.4. The molecule has 0 N–H and O–H groups in total. The molecular formula is C31H35NO3. The van der Waals surface area contributed by atoms with Crippen molar-refractivity contribution in [1.82, 2.24) is 0 Å². The van der Waals surface area contributed by atoms with Crippen LogP contribution in [0, 0.1) is 0 Å². The average molecular weight is 470 g/mol. The Morgan fingerprint density at radius 3 is 2.37 bits per heavy atom. The van der Waals surface area contributed by atoms with Crippen molar-refractivity contribution in [1.29, 1.82) is 0 Å². The van der Waals surface area contributed by atoms with Gasteiger partial charge in [0.05, 0.1) is 17.9 Å². The van der Waals surface area contributed by atoms with Crippen LogP contribution in [-0.2, 0) is 16.8 Å². The molecule has 0 aromatic heterocycles. The first-order chi connectivity index (χ1) is 16.8. The van der Waals surface area contributed by atoms with Gasteiger partial charge in [0.1, 0.15) is 12.4 Å². The van der Waals surface area contributed by atoms with Gasteiger partial charge in [-0.3, -0.25) is 0 Å². The Kier molecular flexibility index (Phi) is 7.30. The summed E-state index contributed by atoms with van der Waals surface area (Å²) >= 11 is 0. The molecule has 0 saturated carbocycles. The zero-order valence-corrected chi connectivity index (χ0v) is 21.4. The molecule has 4 heteroatoms. The van der Waals surface area contributed by atoms with E-state index in [4.69, 9.17) is 9.47 Å². The third-order valence-electron chi connectivity index (χ3n) is 6.71. The Morgan fingerprint density at radius 1 is 1.00 bits per heavy atom. The SMILES string of the molecule is CCOC(=O)c1ccc(N(CC)c2cc3c(cc2OCc2ccccc2)C(C)(C)CC=C3C)cc1. The number of esters is 1. The van der Waals surface area contributed by atoms with Crippen LogP contribution in [0.1, 0.15) is 68.1 Å². The molecule has 0 fully saturated rings. The quantitative estimate of drug-likeness (QED) is 0.317. The van der Waals surface area contributed by atoms with Crippen LogP contribution in [-0.4, -0.2) is 19.1 Å². The highest BCUT2D eigenvalue weighted by molar-refractivity contribution is 5.90. The van der Waals surface area contributed by atoms with Crippen LogP contribution in [0.2, 0.25) is 0 Å². The van der Waals surface area contributed by atoms with Crippen molar-refractivity contribution in [2.75, 3.05) is 18.1 Å². The Morgan fingerprint density at radius 2 is 1.71 bits per heavy atom. The lowest BCUT2D eigenvalue weighted by Gasteiger charge is -2.34. The number of benzene rings is 3. The standard InChI is InChI=1S/C31H35NO3/c1-6-32(25-15-13-24(14-16-25)30(33)34-7-2)28-19-26-22(3)17-18-31(4,5)27(26)20-29(28)35-21-23-11-9-8-10-12-23/h8-17,19-20H,6-7,18,21H2,1-5H3. The Labute approximate surface area is 209 Å². The lowest BCUT2D eigenvalue weighted by Crippen LogP contribution is -2.23. The monoisotopic (exact) mass is 469 g/mol. The van der Waals surface area contributed by atoms with Crippen molar-refractivity contribution in [3.8, 4) is 5.75 Å². The van der Waals surface area contributed by atoms with Crippen molar-refractivity contribution in [2.45, 2.75) is 53.1 Å². The summed E-state index contributed by atoms with van der Waals surface area (Å²) in [7, 11) is 0. The molecule has 0 saturated heterocycles. The van der Waals surface area contributed by atoms with Crippen LogP contribution in [0.15, 0.2) is 72.8 Å². The van der Waals surface area contributed by atoms with E-state index in [1.807, 2.05) is 49.4 Å². The van der Waals surface area contributed by atoms with Gasteiger partial charge in [0, 0.05) is 12.2 Å². The first-order valence-corrected chi connectivity index (χ1v) is 12.4. The molecule has 35 heavy (non-hydrogen) atoms. The summed E-state index contributed by atoms with van der Waals surface area (Å²) in [5, 5.41) is 0. The lowest BCUT2D eigenvalue weighted by atomic mass is 9.73. The number of hydrogen-bond donors (Lipinski definition) is 0. The van der Waals surface area contributed by atoms with Crippen LogP contribution < -0.4 is 9.64 Å². The Hall–Kier alpha value is -3.53. The van der Waals surface area contributed by atoms with Gasteiger partial charge in [-0.15, -0.1) is 0 Å². The molecular weight excluding hydrogens is 434 g/mol. The maximum absolute atomic E-state index is 12.1. The first-order valence-electron chi connectivity index (χ1n) is 12.4. The second-order valence-corrected chi connectivity index (χ2v) is 9.63. The summed E-state index contributed by atoms with van der Waals surface area (Å²) in [4.78, 5) is 14.4. The van der Waals surface area contributed by atoms with Crippen molar-refractivity contribution in [3.05, 3.63) is 95.1 Å². The van der Waals surface area contributed by atoms with E-state index in [-0.39, 0.29) is 11.4 Å². The van der Waals surface area contributed by atoms with Crippen molar-refractivity contribution in [3.63, 3.8) is 0 Å². The number of carbonyl (C=O) groups is 1. The van der Waals surface area contributed by atoms with Gasteiger partial charge < -0.3 is 14.4 Å². The van der Waals surface area contributed by atoms with Gasteiger partial charge >= 0.3 is 5.97 Å². The summed E-state index contributed by atoms with van der Waals surface area (Å²) in [6.07, 6.45) is 3.34. The molecule has 1 aliphatic rings. The predicted molar refractivity (Wildman–Crippen MR) is 144 cm³/mol. The topological polar surface area (TPSA) is 38.8 Å². The van der Waals surface area contributed by atoms with Gasteiger partial charge in [-0.25, -0.2) is 4.79 Å². The van der Waals surface area contributed by atoms with Gasteiger partial charge in [-0.05, 0) is 91.3 Å². The number of fused-ring (bicyclic) bond motifs is 1. The van der Waals surface area contributed by atoms with Crippen LogP contribution in [0.25, 0.3) is 5.57 Å². The molecule has 4 nitrogen and oxygen atoms in total. The van der Waals surface area contributed by atoms with Crippen molar-refractivity contribution >= 4 is 22.9 Å². The Bertz CT molecular complexity index is 1210. The molecule has 0 atom stereocenters. The number of rotatable bonds is 8. The first kappa shape index (κ1) is 24.6. The second-order valence-electron chi connectivity index (χ2n) is 9.63. The molecule has 0 radical (unpaired) electrons. The van der Waals surface area contributed by atoms with Gasteiger partial charge in [0.15, 0.2) is 0 Å². The lowest BCUT2D eigenvalue weighted by molar-refractivity contribution is 0.0526. The molecule has 0 heterocycles. The van der Waals surface area contributed by atoms with E-state index in [9.17, 15) is 4.79 Å². The third kappa shape index (κ3) is 5.27. The molecule has 3 aromatic rings. The number of ether oxygens (including phenoxy) is 2. The highest BCUT2D eigenvalue weighted by Crippen LogP contribution is 2.45. The minimum Gasteiger partial charge on any atom is -0.487 e. The summed E-state index contributed by atoms with van der Waals surface area (Å²) in [6, 6.07) is 22.4. The number of allylic oxidation sites excluding steroid dienone is 2. The summed E-state index contributed by atoms with van der Waals surface area (Å²) < 4.78 is 11.6. The molecule has 1 aliphatic carbocycles. The number of nitrogens with zero attached hydrogens (tertiary/aromatic N) is 1. The fourth-order valence-electron chi connectivity index (χ4n) is 4.63. The zero-order chi connectivity index (χ0) is 25.0. The Balaban J connectivity index is 1.76. The minimum atomic E-state index is -0.300. The van der Waals surface area contributed by atoms with E-state index in [1.54, 1.807) is 0 Å². The van der Waals surface area contributed by atoms with Crippen LogP contribution >= 0.6 is 0 Å².